The van der Waals surface area contributed by atoms with Crippen molar-refractivity contribution in [3.8, 4) is 11.5 Å². The predicted octanol–water partition coefficient (Wildman–Crippen LogP) is 2.21. The second-order valence-corrected chi connectivity index (χ2v) is 5.38. The second-order valence-electron chi connectivity index (χ2n) is 5.38. The van der Waals surface area contributed by atoms with Gasteiger partial charge in [0.1, 0.15) is 0 Å². The Kier molecular flexibility index (Phi) is 5.11. The fourth-order valence-electron chi connectivity index (χ4n) is 2.37. The minimum atomic E-state index is 0.0308. The lowest BCUT2D eigenvalue weighted by atomic mass is 10.2. The number of amides is 1. The van der Waals surface area contributed by atoms with E-state index < -0.39 is 0 Å². The first-order valence-corrected chi connectivity index (χ1v) is 7.71. The summed E-state index contributed by atoms with van der Waals surface area (Å²) < 4.78 is 10.6. The van der Waals surface area contributed by atoms with Gasteiger partial charge in [0, 0.05) is 26.1 Å². The molecule has 0 radical (unpaired) electrons. The molecule has 23 heavy (non-hydrogen) atoms. The van der Waals surface area contributed by atoms with Crippen molar-refractivity contribution < 1.29 is 14.3 Å². The van der Waals surface area contributed by atoms with Crippen molar-refractivity contribution in [3.63, 3.8) is 0 Å². The monoisotopic (exact) mass is 312 g/mol. The van der Waals surface area contributed by atoms with Gasteiger partial charge in [-0.15, -0.1) is 0 Å². The van der Waals surface area contributed by atoms with Crippen molar-refractivity contribution >= 4 is 5.91 Å². The molecule has 0 atom stereocenters. The van der Waals surface area contributed by atoms with Crippen LogP contribution in [0.2, 0.25) is 0 Å². The maximum absolute atomic E-state index is 11.9. The highest BCUT2D eigenvalue weighted by Gasteiger charge is 2.13. The normalized spacial score (nSPS) is 12.2. The molecule has 2 N–H and O–H groups in total. The molecular weight excluding hydrogens is 292 g/mol. The highest BCUT2D eigenvalue weighted by atomic mass is 16.7. The third-order valence-electron chi connectivity index (χ3n) is 3.63. The molecule has 1 amide bonds. The molecule has 120 valence electrons. The van der Waals surface area contributed by atoms with Crippen LogP contribution in [-0.4, -0.2) is 19.2 Å². The maximum atomic E-state index is 11.9. The molecule has 1 aliphatic heterocycles. The summed E-state index contributed by atoms with van der Waals surface area (Å²) in [6.07, 6.45) is 0.456. The fraction of sp³-hybridized carbons (Fsp3) is 0.278. The third kappa shape index (κ3) is 4.47. The summed E-state index contributed by atoms with van der Waals surface area (Å²) in [6, 6.07) is 15.8. The first kappa shape index (κ1) is 15.4. The molecule has 0 saturated heterocycles. The van der Waals surface area contributed by atoms with Gasteiger partial charge in [0.05, 0.1) is 0 Å². The molecule has 1 heterocycles. The minimum absolute atomic E-state index is 0.0308. The summed E-state index contributed by atoms with van der Waals surface area (Å²) in [7, 11) is 0. The smallest absolute Gasteiger partial charge is 0.231 e. The van der Waals surface area contributed by atoms with Crippen molar-refractivity contribution in [3.05, 3.63) is 59.7 Å². The molecule has 5 nitrogen and oxygen atoms in total. The van der Waals surface area contributed by atoms with E-state index >= 15 is 0 Å². The Morgan fingerprint density at radius 1 is 0.957 bits per heavy atom. The van der Waals surface area contributed by atoms with Gasteiger partial charge in [-0.2, -0.15) is 0 Å². The molecule has 0 saturated carbocycles. The molecule has 0 unspecified atom stereocenters. The number of carbonyl (C=O) groups excluding carboxylic acids is 1. The fourth-order valence-corrected chi connectivity index (χ4v) is 2.37. The van der Waals surface area contributed by atoms with Gasteiger partial charge in [0.15, 0.2) is 11.5 Å². The summed E-state index contributed by atoms with van der Waals surface area (Å²) in [5.41, 5.74) is 2.22. The van der Waals surface area contributed by atoms with Crippen LogP contribution in [0.4, 0.5) is 0 Å². The zero-order valence-corrected chi connectivity index (χ0v) is 12.9. The summed E-state index contributed by atoms with van der Waals surface area (Å²) >= 11 is 0. The maximum Gasteiger partial charge on any atom is 0.231 e. The van der Waals surface area contributed by atoms with E-state index in [1.54, 1.807) is 0 Å². The molecular formula is C18H20N2O3. The van der Waals surface area contributed by atoms with Crippen molar-refractivity contribution in [2.75, 3.05) is 13.3 Å². The van der Waals surface area contributed by atoms with Gasteiger partial charge in [0.2, 0.25) is 12.7 Å². The zero-order valence-electron chi connectivity index (χ0n) is 12.9. The Morgan fingerprint density at radius 2 is 1.78 bits per heavy atom. The van der Waals surface area contributed by atoms with E-state index in [1.165, 1.54) is 5.56 Å². The Morgan fingerprint density at radius 3 is 2.65 bits per heavy atom. The van der Waals surface area contributed by atoms with E-state index in [0.29, 0.717) is 19.5 Å². The molecule has 2 aromatic carbocycles. The Hall–Kier alpha value is -2.53. The molecule has 1 aliphatic rings. The number of carbonyl (C=O) groups is 1. The van der Waals surface area contributed by atoms with Crippen LogP contribution in [0.5, 0.6) is 11.5 Å². The van der Waals surface area contributed by atoms with Gasteiger partial charge in [0.25, 0.3) is 0 Å². The molecule has 3 rings (SSSR count). The van der Waals surface area contributed by atoms with Crippen LogP contribution in [0.1, 0.15) is 17.5 Å². The molecule has 5 heteroatoms. The minimum Gasteiger partial charge on any atom is -0.454 e. The van der Waals surface area contributed by atoms with Crippen molar-refractivity contribution in [1.82, 2.24) is 10.6 Å². The Balaban J connectivity index is 1.35. The van der Waals surface area contributed by atoms with E-state index in [2.05, 4.69) is 22.8 Å². The van der Waals surface area contributed by atoms with E-state index in [9.17, 15) is 4.79 Å². The molecule has 0 aliphatic carbocycles. The van der Waals surface area contributed by atoms with Gasteiger partial charge in [-0.25, -0.2) is 0 Å². The number of hydrogen-bond donors (Lipinski definition) is 2. The average molecular weight is 312 g/mol. The van der Waals surface area contributed by atoms with Gasteiger partial charge >= 0.3 is 0 Å². The van der Waals surface area contributed by atoms with E-state index in [0.717, 1.165) is 23.6 Å². The van der Waals surface area contributed by atoms with Gasteiger partial charge in [-0.1, -0.05) is 36.4 Å². The van der Waals surface area contributed by atoms with Crippen LogP contribution >= 0.6 is 0 Å². The van der Waals surface area contributed by atoms with Crippen LogP contribution in [0.25, 0.3) is 0 Å². The quantitative estimate of drug-likeness (QED) is 0.770. The zero-order chi connectivity index (χ0) is 15.9. The van der Waals surface area contributed by atoms with Crippen LogP contribution in [0, 0.1) is 0 Å². The molecule has 0 bridgehead atoms. The van der Waals surface area contributed by atoms with Crippen LogP contribution < -0.4 is 20.1 Å². The number of ether oxygens (including phenoxy) is 2. The number of hydrogen-bond acceptors (Lipinski definition) is 4. The molecule has 0 aromatic heterocycles. The van der Waals surface area contributed by atoms with Gasteiger partial charge in [-0.05, 0) is 23.3 Å². The van der Waals surface area contributed by atoms with E-state index in [1.807, 2.05) is 36.4 Å². The van der Waals surface area contributed by atoms with Crippen molar-refractivity contribution in [1.29, 1.82) is 0 Å². The SMILES string of the molecule is O=C(CCNCc1ccccc1)NCc1ccc2c(c1)OCO2. The summed E-state index contributed by atoms with van der Waals surface area (Å²) in [5, 5.41) is 6.18. The van der Waals surface area contributed by atoms with E-state index in [-0.39, 0.29) is 12.7 Å². The number of benzene rings is 2. The topological polar surface area (TPSA) is 59.6 Å². The number of fused-ring (bicyclic) bond motifs is 1. The summed E-state index contributed by atoms with van der Waals surface area (Å²) in [4.78, 5) is 11.9. The Labute approximate surface area is 135 Å². The lowest BCUT2D eigenvalue weighted by Gasteiger charge is -2.07. The first-order chi connectivity index (χ1) is 11.3. The highest BCUT2D eigenvalue weighted by Crippen LogP contribution is 2.32. The van der Waals surface area contributed by atoms with Gasteiger partial charge < -0.3 is 20.1 Å². The van der Waals surface area contributed by atoms with Crippen LogP contribution in [-0.2, 0) is 17.9 Å². The van der Waals surface area contributed by atoms with Crippen molar-refractivity contribution in [2.24, 2.45) is 0 Å². The predicted molar refractivity (Wildman–Crippen MR) is 87.2 cm³/mol. The second kappa shape index (κ2) is 7.65. The average Bonchev–Trinajstić information content (AvgIpc) is 3.05. The summed E-state index contributed by atoms with van der Waals surface area (Å²) in [6.45, 7) is 2.19. The van der Waals surface area contributed by atoms with Gasteiger partial charge in [-0.3, -0.25) is 4.79 Å². The lowest BCUT2D eigenvalue weighted by Crippen LogP contribution is -2.27. The summed E-state index contributed by atoms with van der Waals surface area (Å²) in [5.74, 6) is 1.52. The molecule has 2 aromatic rings. The highest BCUT2D eigenvalue weighted by molar-refractivity contribution is 5.76. The number of rotatable bonds is 7. The Bertz CT molecular complexity index is 659. The molecule has 0 fully saturated rings. The lowest BCUT2D eigenvalue weighted by molar-refractivity contribution is -0.121. The molecule has 0 spiro atoms. The van der Waals surface area contributed by atoms with Crippen LogP contribution in [0.3, 0.4) is 0 Å². The number of nitrogens with one attached hydrogen (secondary N) is 2. The van der Waals surface area contributed by atoms with Crippen LogP contribution in [0.15, 0.2) is 48.5 Å². The third-order valence-corrected chi connectivity index (χ3v) is 3.63. The van der Waals surface area contributed by atoms with E-state index in [4.69, 9.17) is 9.47 Å². The first-order valence-electron chi connectivity index (χ1n) is 7.71. The standard InChI is InChI=1S/C18H20N2O3/c21-18(8-9-19-11-14-4-2-1-3-5-14)20-12-15-6-7-16-17(10-15)23-13-22-16/h1-7,10,19H,8-9,11-13H2,(H,20,21). The van der Waals surface area contributed by atoms with Crippen molar-refractivity contribution in [2.45, 2.75) is 19.5 Å². The largest absolute Gasteiger partial charge is 0.454 e.